The Bertz CT molecular complexity index is 999. The maximum absolute atomic E-state index is 12.5. The summed E-state index contributed by atoms with van der Waals surface area (Å²) in [7, 11) is -6.88. The molecule has 0 amide bonds. The normalized spacial score (nSPS) is 12.2. The summed E-state index contributed by atoms with van der Waals surface area (Å²) in [6, 6.07) is 9.49. The van der Waals surface area contributed by atoms with Crippen LogP contribution in [0.3, 0.4) is 0 Å². The molecule has 9 heteroatoms. The number of methoxy groups -OCH3 is 1. The summed E-state index contributed by atoms with van der Waals surface area (Å²) in [4.78, 5) is 3.70. The molecule has 0 fully saturated rings. The molecule has 0 spiro atoms. The zero-order valence-electron chi connectivity index (χ0n) is 14.3. The molecule has 0 radical (unpaired) electrons. The van der Waals surface area contributed by atoms with E-state index in [0.29, 0.717) is 11.1 Å². The minimum absolute atomic E-state index is 0.00593. The predicted molar refractivity (Wildman–Crippen MR) is 94.3 cm³/mol. The topological polar surface area (TPSA) is 102 Å². The fourth-order valence-corrected chi connectivity index (χ4v) is 4.90. The molecule has 0 atom stereocenters. The Hall–Kier alpha value is -1.94. The Morgan fingerprint density at radius 1 is 0.760 bits per heavy atom. The smallest absolute Gasteiger partial charge is 0.257 e. The monoisotopic (exact) mass is 384 g/mol. The molecule has 0 saturated carbocycles. The maximum Gasteiger partial charge on any atom is 0.257 e. The van der Waals surface area contributed by atoms with Gasteiger partial charge in [0, 0.05) is 0 Å². The Balaban J connectivity index is 2.34. The highest BCUT2D eigenvalue weighted by Gasteiger charge is 2.24. The molecule has 2 N–H and O–H groups in total. The molecule has 0 saturated heterocycles. The van der Waals surface area contributed by atoms with Crippen LogP contribution in [0.25, 0.3) is 0 Å². The van der Waals surface area contributed by atoms with Crippen molar-refractivity contribution in [1.82, 2.24) is 9.66 Å². The summed E-state index contributed by atoms with van der Waals surface area (Å²) in [6.07, 6.45) is 0. The summed E-state index contributed by atoms with van der Waals surface area (Å²) >= 11 is 0. The Morgan fingerprint density at radius 2 is 1.24 bits per heavy atom. The zero-order valence-corrected chi connectivity index (χ0v) is 16.0. The van der Waals surface area contributed by atoms with Gasteiger partial charge >= 0.3 is 0 Å². The minimum Gasteiger partial charge on any atom is -0.495 e. The van der Waals surface area contributed by atoms with Gasteiger partial charge in [-0.1, -0.05) is 18.2 Å². The van der Waals surface area contributed by atoms with Gasteiger partial charge in [-0.15, -0.1) is 9.66 Å². The summed E-state index contributed by atoms with van der Waals surface area (Å²) < 4.78 is 54.9. The van der Waals surface area contributed by atoms with Crippen LogP contribution < -0.4 is 14.4 Å². The second-order valence-corrected chi connectivity index (χ2v) is 8.94. The molecule has 2 aromatic carbocycles. The first kappa shape index (κ1) is 19.4. The first-order valence-corrected chi connectivity index (χ1v) is 10.3. The summed E-state index contributed by atoms with van der Waals surface area (Å²) in [6.45, 7) is 5.10. The van der Waals surface area contributed by atoms with E-state index >= 15 is 0 Å². The Kier molecular flexibility index (Phi) is 5.52. The largest absolute Gasteiger partial charge is 0.495 e. The van der Waals surface area contributed by atoms with Gasteiger partial charge in [0.15, 0.2) is 0 Å². The van der Waals surface area contributed by atoms with Crippen LogP contribution in [-0.2, 0) is 20.0 Å². The molecule has 136 valence electrons. The fraction of sp³-hybridized carbons (Fsp3) is 0.250. The Morgan fingerprint density at radius 3 is 1.80 bits per heavy atom. The van der Waals surface area contributed by atoms with Gasteiger partial charge < -0.3 is 4.74 Å². The molecule has 25 heavy (non-hydrogen) atoms. The highest BCUT2D eigenvalue weighted by atomic mass is 32.2. The number of aryl methyl sites for hydroxylation is 3. The second kappa shape index (κ2) is 7.12. The van der Waals surface area contributed by atoms with E-state index < -0.39 is 20.0 Å². The molecule has 7 nitrogen and oxygen atoms in total. The van der Waals surface area contributed by atoms with Gasteiger partial charge in [0.25, 0.3) is 20.0 Å². The third-order valence-corrected chi connectivity index (χ3v) is 6.34. The van der Waals surface area contributed by atoms with Crippen molar-refractivity contribution < 1.29 is 21.6 Å². The highest BCUT2D eigenvalue weighted by molar-refractivity contribution is 7.92. The lowest BCUT2D eigenvalue weighted by atomic mass is 10.2. The third kappa shape index (κ3) is 4.37. The lowest BCUT2D eigenvalue weighted by molar-refractivity contribution is 0.402. The van der Waals surface area contributed by atoms with Crippen LogP contribution in [0.1, 0.15) is 16.7 Å². The molecule has 2 rings (SSSR count). The molecule has 0 bridgehead atoms. The number of hydrogen-bond donors (Lipinski definition) is 2. The number of nitrogens with one attached hydrogen (secondary N) is 2. The third-order valence-electron chi connectivity index (χ3n) is 3.55. The van der Waals surface area contributed by atoms with Gasteiger partial charge in [-0.3, -0.25) is 0 Å². The molecule has 0 aromatic heterocycles. The number of rotatable bonds is 6. The number of ether oxygens (including phenoxy) is 1. The van der Waals surface area contributed by atoms with Gasteiger partial charge in [-0.25, -0.2) is 16.8 Å². The number of hydrogen-bond acceptors (Lipinski definition) is 5. The van der Waals surface area contributed by atoms with Crippen LogP contribution in [0.2, 0.25) is 0 Å². The molecule has 0 heterocycles. The minimum atomic E-state index is -4.15. The van der Waals surface area contributed by atoms with Gasteiger partial charge in [0.1, 0.15) is 10.6 Å². The predicted octanol–water partition coefficient (Wildman–Crippen LogP) is 1.79. The van der Waals surface area contributed by atoms with Gasteiger partial charge in [0.2, 0.25) is 0 Å². The zero-order chi connectivity index (χ0) is 18.8. The molecule has 0 aliphatic rings. The van der Waals surface area contributed by atoms with Crippen molar-refractivity contribution in [2.75, 3.05) is 7.11 Å². The molecule has 0 aliphatic heterocycles. The average Bonchev–Trinajstić information content (AvgIpc) is 2.55. The van der Waals surface area contributed by atoms with Gasteiger partial charge in [0.05, 0.1) is 12.0 Å². The second-order valence-electron chi connectivity index (χ2n) is 5.63. The average molecular weight is 384 g/mol. The molecule has 2 aromatic rings. The number of sulfonamides is 2. The van der Waals surface area contributed by atoms with Crippen molar-refractivity contribution in [2.45, 2.75) is 30.6 Å². The molecular weight excluding hydrogens is 364 g/mol. The van der Waals surface area contributed by atoms with E-state index in [9.17, 15) is 16.8 Å². The van der Waals surface area contributed by atoms with E-state index in [1.165, 1.54) is 25.3 Å². The lowest BCUT2D eigenvalue weighted by Crippen LogP contribution is -2.41. The van der Waals surface area contributed by atoms with E-state index in [2.05, 4.69) is 0 Å². The molecule has 0 aliphatic carbocycles. The molecular formula is C16H20N2O5S2. The quantitative estimate of drug-likeness (QED) is 0.740. The van der Waals surface area contributed by atoms with Crippen molar-refractivity contribution in [2.24, 2.45) is 0 Å². The Labute approximate surface area is 148 Å². The van der Waals surface area contributed by atoms with Crippen LogP contribution in [0.4, 0.5) is 0 Å². The molecule has 0 unspecified atom stereocenters. The number of hydrazine groups is 1. The van der Waals surface area contributed by atoms with E-state index in [0.717, 1.165) is 5.56 Å². The SMILES string of the molecule is COc1ccc(C)cc1S(=O)(=O)NNS(=O)(=O)c1cc(C)ccc1C. The summed E-state index contributed by atoms with van der Waals surface area (Å²) in [5, 5.41) is 0. The lowest BCUT2D eigenvalue weighted by Gasteiger charge is -2.13. The van der Waals surface area contributed by atoms with Crippen molar-refractivity contribution in [3.05, 3.63) is 53.1 Å². The van der Waals surface area contributed by atoms with Crippen molar-refractivity contribution in [3.8, 4) is 5.75 Å². The number of benzene rings is 2. The van der Waals surface area contributed by atoms with Crippen LogP contribution in [0, 0.1) is 20.8 Å². The van der Waals surface area contributed by atoms with Gasteiger partial charge in [-0.2, -0.15) is 0 Å². The van der Waals surface area contributed by atoms with Crippen molar-refractivity contribution >= 4 is 20.0 Å². The van der Waals surface area contributed by atoms with E-state index in [-0.39, 0.29) is 15.5 Å². The first-order valence-electron chi connectivity index (χ1n) is 7.32. The van der Waals surface area contributed by atoms with Crippen molar-refractivity contribution in [1.29, 1.82) is 0 Å². The van der Waals surface area contributed by atoms with Crippen LogP contribution in [-0.4, -0.2) is 23.9 Å². The van der Waals surface area contributed by atoms with E-state index in [1.54, 1.807) is 39.0 Å². The van der Waals surface area contributed by atoms with Crippen molar-refractivity contribution in [3.63, 3.8) is 0 Å². The fourth-order valence-electron chi connectivity index (χ4n) is 2.21. The van der Waals surface area contributed by atoms with E-state index in [4.69, 9.17) is 4.74 Å². The van der Waals surface area contributed by atoms with Gasteiger partial charge in [-0.05, 0) is 55.7 Å². The van der Waals surface area contributed by atoms with Crippen LogP contribution in [0.5, 0.6) is 5.75 Å². The van der Waals surface area contributed by atoms with Crippen LogP contribution >= 0.6 is 0 Å². The van der Waals surface area contributed by atoms with Crippen LogP contribution in [0.15, 0.2) is 46.2 Å². The summed E-state index contributed by atoms with van der Waals surface area (Å²) in [5.41, 5.74) is 1.94. The standard InChI is InChI=1S/C16H20N2O5S2/c1-11-5-7-13(3)15(9-11)24(19,20)17-18-25(21,22)16-10-12(2)6-8-14(16)23-4/h5-10,17-18H,1-4H3. The summed E-state index contributed by atoms with van der Waals surface area (Å²) in [5.74, 6) is 0.115. The van der Waals surface area contributed by atoms with E-state index in [1.807, 2.05) is 9.66 Å². The maximum atomic E-state index is 12.5. The highest BCUT2D eigenvalue weighted by Crippen LogP contribution is 2.24. The first-order chi connectivity index (χ1) is 11.6.